The molecule has 0 unspecified atom stereocenters. The van der Waals surface area contributed by atoms with Gasteiger partial charge in [0, 0.05) is 6.07 Å². The number of nitrogens with zero attached hydrogens (tertiary/aromatic N) is 2. The maximum atomic E-state index is 12.2. The maximum absolute atomic E-state index is 12.2. The molecule has 0 aliphatic heterocycles. The Bertz CT molecular complexity index is 654. The Labute approximate surface area is 129 Å². The molecule has 0 spiro atoms. The molecule has 0 saturated carbocycles. The molecule has 116 valence electrons. The number of benzene rings is 1. The van der Waals surface area contributed by atoms with Crippen LogP contribution < -0.4 is 14.8 Å². The van der Waals surface area contributed by atoms with E-state index in [0.29, 0.717) is 17.2 Å². The second kappa shape index (κ2) is 6.89. The molecule has 1 aromatic heterocycles. The Hall–Kier alpha value is -2.63. The summed E-state index contributed by atoms with van der Waals surface area (Å²) in [5.41, 5.74) is 1.64. The smallest absolute Gasteiger partial charge is 0.276 e. The molecule has 0 aliphatic carbocycles. The van der Waals surface area contributed by atoms with Gasteiger partial charge in [-0.05, 0) is 30.2 Å². The summed E-state index contributed by atoms with van der Waals surface area (Å²) in [7, 11) is 3.10. The molecule has 2 rings (SSSR count). The summed E-state index contributed by atoms with van der Waals surface area (Å²) in [4.78, 5) is 12.2. The topological polar surface area (TPSA) is 73.3 Å². The molecule has 0 aliphatic rings. The molecule has 1 heterocycles. The van der Waals surface area contributed by atoms with Crippen LogP contribution in [0.1, 0.15) is 35.9 Å². The second-order valence-corrected chi connectivity index (χ2v) is 5.02. The first-order chi connectivity index (χ1) is 10.5. The zero-order valence-electron chi connectivity index (χ0n) is 13.1. The normalized spacial score (nSPS) is 10.4. The number of hydrogen-bond acceptors (Lipinski definition) is 5. The van der Waals surface area contributed by atoms with Crippen LogP contribution in [0.2, 0.25) is 0 Å². The molecule has 0 saturated heterocycles. The van der Waals surface area contributed by atoms with Crippen LogP contribution in [-0.4, -0.2) is 30.3 Å². The number of ether oxygens (including phenoxy) is 2. The highest BCUT2D eigenvalue weighted by molar-refractivity contribution is 6.03. The highest BCUT2D eigenvalue weighted by Crippen LogP contribution is 2.29. The van der Waals surface area contributed by atoms with Crippen LogP contribution in [0.5, 0.6) is 11.5 Å². The Morgan fingerprint density at radius 3 is 2.41 bits per heavy atom. The first-order valence-corrected chi connectivity index (χ1v) is 6.92. The molecular formula is C16H19N3O3. The van der Waals surface area contributed by atoms with Crippen molar-refractivity contribution in [3.63, 3.8) is 0 Å². The van der Waals surface area contributed by atoms with Gasteiger partial charge in [-0.25, -0.2) is 0 Å². The number of anilines is 1. The van der Waals surface area contributed by atoms with Gasteiger partial charge >= 0.3 is 0 Å². The van der Waals surface area contributed by atoms with E-state index in [1.165, 1.54) is 7.11 Å². The Balaban J connectivity index is 2.18. The van der Waals surface area contributed by atoms with Crippen molar-refractivity contribution in [1.82, 2.24) is 10.2 Å². The highest BCUT2D eigenvalue weighted by atomic mass is 16.5. The molecule has 0 radical (unpaired) electrons. The SMILES string of the molecule is COc1ccc(NC(=O)c2ccc(C(C)C)nn2)c(OC)c1. The zero-order chi connectivity index (χ0) is 16.1. The molecular weight excluding hydrogens is 282 g/mol. The summed E-state index contributed by atoms with van der Waals surface area (Å²) in [6.07, 6.45) is 0. The van der Waals surface area contributed by atoms with Crippen LogP contribution in [0.25, 0.3) is 0 Å². The van der Waals surface area contributed by atoms with E-state index in [1.807, 2.05) is 13.8 Å². The Kier molecular flexibility index (Phi) is 4.93. The molecule has 0 atom stereocenters. The molecule has 2 aromatic rings. The lowest BCUT2D eigenvalue weighted by molar-refractivity contribution is 0.102. The number of aromatic nitrogens is 2. The van der Waals surface area contributed by atoms with Gasteiger partial charge in [0.2, 0.25) is 0 Å². The first kappa shape index (κ1) is 15.8. The second-order valence-electron chi connectivity index (χ2n) is 5.02. The Morgan fingerprint density at radius 1 is 1.09 bits per heavy atom. The number of nitrogens with one attached hydrogen (secondary N) is 1. The van der Waals surface area contributed by atoms with Crippen molar-refractivity contribution in [1.29, 1.82) is 0 Å². The van der Waals surface area contributed by atoms with Gasteiger partial charge in [0.25, 0.3) is 5.91 Å². The average Bonchev–Trinajstić information content (AvgIpc) is 2.55. The van der Waals surface area contributed by atoms with Crippen LogP contribution in [-0.2, 0) is 0 Å². The van der Waals surface area contributed by atoms with Crippen molar-refractivity contribution >= 4 is 11.6 Å². The van der Waals surface area contributed by atoms with Crippen LogP contribution in [0.15, 0.2) is 30.3 Å². The zero-order valence-corrected chi connectivity index (χ0v) is 13.1. The van der Waals surface area contributed by atoms with Crippen molar-refractivity contribution in [2.75, 3.05) is 19.5 Å². The number of rotatable bonds is 5. The molecule has 6 heteroatoms. The maximum Gasteiger partial charge on any atom is 0.276 e. The van der Waals surface area contributed by atoms with Crippen molar-refractivity contribution < 1.29 is 14.3 Å². The molecule has 1 aromatic carbocycles. The fourth-order valence-electron chi connectivity index (χ4n) is 1.86. The third-order valence-corrected chi connectivity index (χ3v) is 3.17. The number of amides is 1. The minimum absolute atomic E-state index is 0.252. The van der Waals surface area contributed by atoms with E-state index >= 15 is 0 Å². The molecule has 1 amide bonds. The molecule has 22 heavy (non-hydrogen) atoms. The summed E-state index contributed by atoms with van der Waals surface area (Å²) < 4.78 is 10.4. The summed E-state index contributed by atoms with van der Waals surface area (Å²) in [5, 5.41) is 10.8. The fourth-order valence-corrected chi connectivity index (χ4v) is 1.86. The lowest BCUT2D eigenvalue weighted by Crippen LogP contribution is -2.15. The van der Waals surface area contributed by atoms with Crippen LogP contribution in [0.3, 0.4) is 0 Å². The number of carbonyl (C=O) groups excluding carboxylic acids is 1. The van der Waals surface area contributed by atoms with Crippen molar-refractivity contribution in [3.8, 4) is 11.5 Å². The lowest BCUT2D eigenvalue weighted by atomic mass is 10.1. The van der Waals surface area contributed by atoms with E-state index in [1.54, 1.807) is 37.4 Å². The summed E-state index contributed by atoms with van der Waals surface area (Å²) in [6.45, 7) is 4.04. The molecule has 1 N–H and O–H groups in total. The van der Waals surface area contributed by atoms with Gasteiger partial charge < -0.3 is 14.8 Å². The predicted molar refractivity (Wildman–Crippen MR) is 83.6 cm³/mol. The van der Waals surface area contributed by atoms with Gasteiger partial charge in [-0.15, -0.1) is 5.10 Å². The van der Waals surface area contributed by atoms with E-state index in [0.717, 1.165) is 5.69 Å². The lowest BCUT2D eigenvalue weighted by Gasteiger charge is -2.11. The molecule has 6 nitrogen and oxygen atoms in total. The summed E-state index contributed by atoms with van der Waals surface area (Å²) >= 11 is 0. The van der Waals surface area contributed by atoms with E-state index in [4.69, 9.17) is 9.47 Å². The first-order valence-electron chi connectivity index (χ1n) is 6.92. The van der Waals surface area contributed by atoms with E-state index in [9.17, 15) is 4.79 Å². The van der Waals surface area contributed by atoms with Crippen molar-refractivity contribution in [2.24, 2.45) is 0 Å². The summed E-state index contributed by atoms with van der Waals surface area (Å²) in [6, 6.07) is 8.62. The average molecular weight is 301 g/mol. The molecule has 0 fully saturated rings. The van der Waals surface area contributed by atoms with E-state index in [2.05, 4.69) is 15.5 Å². The number of carbonyl (C=O) groups is 1. The number of methoxy groups -OCH3 is 2. The number of hydrogen-bond donors (Lipinski definition) is 1. The largest absolute Gasteiger partial charge is 0.497 e. The molecule has 0 bridgehead atoms. The monoisotopic (exact) mass is 301 g/mol. The Morgan fingerprint density at radius 2 is 1.86 bits per heavy atom. The van der Waals surface area contributed by atoms with Crippen molar-refractivity contribution in [3.05, 3.63) is 41.7 Å². The quantitative estimate of drug-likeness (QED) is 0.919. The van der Waals surface area contributed by atoms with Crippen LogP contribution in [0.4, 0.5) is 5.69 Å². The predicted octanol–water partition coefficient (Wildman–Crippen LogP) is 2.87. The van der Waals surface area contributed by atoms with E-state index in [-0.39, 0.29) is 17.5 Å². The minimum Gasteiger partial charge on any atom is -0.497 e. The van der Waals surface area contributed by atoms with Crippen LogP contribution in [0, 0.1) is 0 Å². The van der Waals surface area contributed by atoms with E-state index < -0.39 is 0 Å². The standard InChI is InChI=1S/C16H19N3O3/c1-10(2)12-7-8-14(19-18-12)16(20)17-13-6-5-11(21-3)9-15(13)22-4/h5-10H,1-4H3,(H,17,20). The summed E-state index contributed by atoms with van der Waals surface area (Å²) in [5.74, 6) is 1.09. The van der Waals surface area contributed by atoms with Gasteiger partial charge in [-0.3, -0.25) is 4.79 Å². The van der Waals surface area contributed by atoms with Crippen LogP contribution >= 0.6 is 0 Å². The van der Waals surface area contributed by atoms with Gasteiger partial charge in [0.1, 0.15) is 11.5 Å². The highest BCUT2D eigenvalue weighted by Gasteiger charge is 2.13. The fraction of sp³-hybridized carbons (Fsp3) is 0.312. The van der Waals surface area contributed by atoms with Gasteiger partial charge in [-0.2, -0.15) is 5.10 Å². The third kappa shape index (κ3) is 3.52. The van der Waals surface area contributed by atoms with Gasteiger partial charge in [0.05, 0.1) is 25.6 Å². The van der Waals surface area contributed by atoms with Gasteiger partial charge in [0.15, 0.2) is 5.69 Å². The van der Waals surface area contributed by atoms with Gasteiger partial charge in [-0.1, -0.05) is 13.8 Å². The van der Waals surface area contributed by atoms with Crippen molar-refractivity contribution in [2.45, 2.75) is 19.8 Å². The third-order valence-electron chi connectivity index (χ3n) is 3.17. The minimum atomic E-state index is -0.341.